The molecular weight excluding hydrogens is 272 g/mol. The van der Waals surface area contributed by atoms with E-state index in [9.17, 15) is 4.79 Å². The first-order valence-electron chi connectivity index (χ1n) is 8.27. The van der Waals surface area contributed by atoms with Gasteiger partial charge in [0.1, 0.15) is 0 Å². The van der Waals surface area contributed by atoms with Gasteiger partial charge in [-0.3, -0.25) is 4.79 Å². The molecule has 0 N–H and O–H groups in total. The zero-order chi connectivity index (χ0) is 16.0. The lowest BCUT2D eigenvalue weighted by Gasteiger charge is -2.55. The largest absolute Gasteiger partial charge is 0.472 e. The topological polar surface area (TPSA) is 30.2 Å². The molecule has 0 amide bonds. The maximum absolute atomic E-state index is 12.7. The van der Waals surface area contributed by atoms with Crippen molar-refractivity contribution in [2.45, 2.75) is 47.0 Å². The van der Waals surface area contributed by atoms with Gasteiger partial charge in [0.15, 0.2) is 5.78 Å². The van der Waals surface area contributed by atoms with Crippen LogP contribution in [0.5, 0.6) is 0 Å². The van der Waals surface area contributed by atoms with Crippen LogP contribution in [0.2, 0.25) is 0 Å². The molecule has 2 aliphatic carbocycles. The molecule has 2 heteroatoms. The summed E-state index contributed by atoms with van der Waals surface area (Å²) >= 11 is 0. The van der Waals surface area contributed by atoms with E-state index in [2.05, 4.69) is 39.8 Å². The third-order valence-electron chi connectivity index (χ3n) is 5.86. The first-order chi connectivity index (χ1) is 10.3. The molecule has 0 bridgehead atoms. The second-order valence-electron chi connectivity index (χ2n) is 7.97. The molecule has 1 aromatic rings. The number of carbonyl (C=O) groups excluding carboxylic acids is 1. The second-order valence-corrected chi connectivity index (χ2v) is 7.97. The fourth-order valence-electron chi connectivity index (χ4n) is 5.02. The average molecular weight is 298 g/mol. The molecule has 22 heavy (non-hydrogen) atoms. The smallest absolute Gasteiger partial charge is 0.159 e. The van der Waals surface area contributed by atoms with Crippen molar-refractivity contribution in [2.75, 3.05) is 0 Å². The molecule has 3 rings (SSSR count). The molecule has 118 valence electrons. The summed E-state index contributed by atoms with van der Waals surface area (Å²) in [5, 5.41) is 0. The predicted molar refractivity (Wildman–Crippen MR) is 89.2 cm³/mol. The molecule has 1 fully saturated rings. The van der Waals surface area contributed by atoms with E-state index < -0.39 is 0 Å². The standard InChI is InChI=1S/C20H26O2/c1-14-12-17(21)18-19(2,3)9-5-10-20(18,4)16(14)7-6-15-8-11-22-13-15/h6-8,11-13,16,18H,5,9-10H2,1-4H3/t16?,18?,20-/m1/s1. The van der Waals surface area contributed by atoms with Crippen LogP contribution in [0.4, 0.5) is 0 Å². The van der Waals surface area contributed by atoms with Crippen molar-refractivity contribution in [3.05, 3.63) is 41.9 Å². The highest BCUT2D eigenvalue weighted by Gasteiger charge is 2.54. The molecule has 1 heterocycles. The molecule has 0 radical (unpaired) electrons. The van der Waals surface area contributed by atoms with Crippen LogP contribution in [0, 0.1) is 22.7 Å². The molecule has 2 aliphatic rings. The van der Waals surface area contributed by atoms with Gasteiger partial charge in [0.05, 0.1) is 12.5 Å². The van der Waals surface area contributed by atoms with Gasteiger partial charge in [0.25, 0.3) is 0 Å². The summed E-state index contributed by atoms with van der Waals surface area (Å²) in [5.74, 6) is 0.777. The maximum atomic E-state index is 12.7. The highest BCUT2D eigenvalue weighted by molar-refractivity contribution is 5.95. The van der Waals surface area contributed by atoms with Crippen LogP contribution in [0.3, 0.4) is 0 Å². The van der Waals surface area contributed by atoms with Gasteiger partial charge in [-0.15, -0.1) is 0 Å². The zero-order valence-corrected chi connectivity index (χ0v) is 14.1. The van der Waals surface area contributed by atoms with Gasteiger partial charge in [-0.05, 0) is 42.7 Å². The number of carbonyl (C=O) groups is 1. The van der Waals surface area contributed by atoms with E-state index in [0.29, 0.717) is 11.7 Å². The second kappa shape index (κ2) is 5.26. The highest BCUT2D eigenvalue weighted by Crippen LogP contribution is 2.58. The van der Waals surface area contributed by atoms with Gasteiger partial charge < -0.3 is 4.42 Å². The van der Waals surface area contributed by atoms with Gasteiger partial charge >= 0.3 is 0 Å². The Morgan fingerprint density at radius 2 is 2.05 bits per heavy atom. The van der Waals surface area contributed by atoms with E-state index in [4.69, 9.17) is 4.42 Å². The summed E-state index contributed by atoms with van der Waals surface area (Å²) in [6.07, 6.45) is 13.2. The van der Waals surface area contributed by atoms with Crippen LogP contribution >= 0.6 is 0 Å². The summed E-state index contributed by atoms with van der Waals surface area (Å²) in [6.45, 7) is 8.94. The van der Waals surface area contributed by atoms with Crippen LogP contribution in [-0.2, 0) is 4.79 Å². The Morgan fingerprint density at radius 3 is 2.73 bits per heavy atom. The van der Waals surface area contributed by atoms with Crippen molar-refractivity contribution < 1.29 is 9.21 Å². The Morgan fingerprint density at radius 1 is 1.27 bits per heavy atom. The molecule has 1 aromatic heterocycles. The SMILES string of the molecule is CC1=CC(=O)C2C(C)(C)CCC[C@]2(C)C1C=Cc1ccoc1. The summed E-state index contributed by atoms with van der Waals surface area (Å²) in [6, 6.07) is 1.97. The first-order valence-corrected chi connectivity index (χ1v) is 8.27. The van der Waals surface area contributed by atoms with E-state index in [1.165, 1.54) is 12.0 Å². The number of allylic oxidation sites excluding steroid dienone is 3. The molecular formula is C20H26O2. The zero-order valence-electron chi connectivity index (χ0n) is 14.1. The van der Waals surface area contributed by atoms with Crippen LogP contribution in [0.1, 0.15) is 52.5 Å². The summed E-state index contributed by atoms with van der Waals surface area (Å²) < 4.78 is 5.14. The van der Waals surface area contributed by atoms with Crippen LogP contribution in [0.25, 0.3) is 6.08 Å². The molecule has 0 aliphatic heterocycles. The van der Waals surface area contributed by atoms with Crippen LogP contribution < -0.4 is 0 Å². The monoisotopic (exact) mass is 298 g/mol. The van der Waals surface area contributed by atoms with Crippen molar-refractivity contribution in [1.29, 1.82) is 0 Å². The summed E-state index contributed by atoms with van der Waals surface area (Å²) in [4.78, 5) is 12.7. The van der Waals surface area contributed by atoms with E-state index in [1.807, 2.05) is 12.1 Å². The summed E-state index contributed by atoms with van der Waals surface area (Å²) in [7, 11) is 0. The van der Waals surface area contributed by atoms with Gasteiger partial charge in [-0.1, -0.05) is 44.9 Å². The number of hydrogen-bond donors (Lipinski definition) is 0. The molecule has 2 nitrogen and oxygen atoms in total. The Hall–Kier alpha value is -1.57. The normalized spacial score (nSPS) is 34.5. The number of ketones is 1. The van der Waals surface area contributed by atoms with Crippen molar-refractivity contribution in [3.63, 3.8) is 0 Å². The Labute approximate surface area is 133 Å². The van der Waals surface area contributed by atoms with Gasteiger partial charge in [0.2, 0.25) is 0 Å². The van der Waals surface area contributed by atoms with E-state index in [-0.39, 0.29) is 16.7 Å². The number of furan rings is 1. The van der Waals surface area contributed by atoms with E-state index in [0.717, 1.165) is 18.4 Å². The lowest BCUT2D eigenvalue weighted by molar-refractivity contribution is -0.134. The van der Waals surface area contributed by atoms with Crippen molar-refractivity contribution in [1.82, 2.24) is 0 Å². The van der Waals surface area contributed by atoms with Gasteiger partial charge in [0, 0.05) is 17.4 Å². The minimum Gasteiger partial charge on any atom is -0.472 e. The Bertz CT molecular complexity index is 618. The van der Waals surface area contributed by atoms with E-state index in [1.54, 1.807) is 12.5 Å². The predicted octanol–water partition coefficient (Wildman–Crippen LogP) is 5.27. The van der Waals surface area contributed by atoms with Gasteiger partial charge in [-0.2, -0.15) is 0 Å². The Balaban J connectivity index is 2.01. The maximum Gasteiger partial charge on any atom is 0.159 e. The van der Waals surface area contributed by atoms with Crippen molar-refractivity contribution in [3.8, 4) is 0 Å². The summed E-state index contributed by atoms with van der Waals surface area (Å²) in [5.41, 5.74) is 2.39. The molecule has 0 aromatic carbocycles. The number of hydrogen-bond acceptors (Lipinski definition) is 2. The van der Waals surface area contributed by atoms with Crippen molar-refractivity contribution in [2.24, 2.45) is 22.7 Å². The Kier molecular flexibility index (Phi) is 3.66. The average Bonchev–Trinajstić information content (AvgIpc) is 2.89. The van der Waals surface area contributed by atoms with Crippen molar-refractivity contribution >= 4 is 11.9 Å². The van der Waals surface area contributed by atoms with E-state index >= 15 is 0 Å². The number of rotatable bonds is 2. The first kappa shape index (κ1) is 15.3. The van der Waals surface area contributed by atoms with Crippen LogP contribution in [-0.4, -0.2) is 5.78 Å². The highest BCUT2D eigenvalue weighted by atomic mass is 16.3. The van der Waals surface area contributed by atoms with Gasteiger partial charge in [-0.25, -0.2) is 0 Å². The molecule has 2 unspecified atom stereocenters. The lowest BCUT2D eigenvalue weighted by atomic mass is 9.48. The fourth-order valence-corrected chi connectivity index (χ4v) is 5.02. The minimum atomic E-state index is 0.0257. The molecule has 3 atom stereocenters. The minimum absolute atomic E-state index is 0.0257. The fraction of sp³-hybridized carbons (Fsp3) is 0.550. The molecule has 0 saturated heterocycles. The third-order valence-corrected chi connectivity index (χ3v) is 5.86. The third kappa shape index (κ3) is 2.39. The number of fused-ring (bicyclic) bond motifs is 1. The quantitative estimate of drug-likeness (QED) is 0.744. The molecule has 1 saturated carbocycles. The molecule has 0 spiro atoms. The van der Waals surface area contributed by atoms with Crippen LogP contribution in [0.15, 0.2) is 40.7 Å². The lowest BCUT2D eigenvalue weighted by Crippen LogP contribution is -2.52.